The van der Waals surface area contributed by atoms with Crippen LogP contribution in [0.15, 0.2) is 36.4 Å². The summed E-state index contributed by atoms with van der Waals surface area (Å²) in [6.45, 7) is 2.18. The molecule has 0 bridgehead atoms. The molecule has 0 amide bonds. The molecule has 1 nitrogen and oxygen atoms in total. The number of thiophene rings is 1. The average Bonchev–Trinajstić information content (AvgIpc) is 2.96. The van der Waals surface area contributed by atoms with Gasteiger partial charge in [-0.15, -0.1) is 11.3 Å². The van der Waals surface area contributed by atoms with Gasteiger partial charge >= 0.3 is 0 Å². The SMILES string of the molecule is CCc1ccc(CC2(O)CCc3ccccc32)s1. The molecular weight excluding hydrogens is 240 g/mol. The van der Waals surface area contributed by atoms with Gasteiger partial charge in [0.2, 0.25) is 0 Å². The molecule has 1 aromatic heterocycles. The molecule has 3 rings (SSSR count). The minimum absolute atomic E-state index is 0.646. The van der Waals surface area contributed by atoms with Gasteiger partial charge in [-0.2, -0.15) is 0 Å². The Balaban J connectivity index is 1.88. The minimum atomic E-state index is -0.646. The Morgan fingerprint density at radius 2 is 1.94 bits per heavy atom. The summed E-state index contributed by atoms with van der Waals surface area (Å²) in [6.07, 6.45) is 3.69. The summed E-state index contributed by atoms with van der Waals surface area (Å²) in [7, 11) is 0. The van der Waals surface area contributed by atoms with E-state index in [0.717, 1.165) is 31.2 Å². The molecule has 1 aromatic carbocycles. The number of aryl methyl sites for hydroxylation is 2. The van der Waals surface area contributed by atoms with Crippen LogP contribution in [0.5, 0.6) is 0 Å². The molecule has 1 atom stereocenters. The standard InChI is InChI=1S/C16H18OS/c1-2-13-7-8-14(18-13)11-16(17)10-9-12-5-3-4-6-15(12)16/h3-8,17H,2,9-11H2,1H3. The van der Waals surface area contributed by atoms with Crippen molar-refractivity contribution in [2.24, 2.45) is 0 Å². The molecule has 0 radical (unpaired) electrons. The first-order valence-electron chi connectivity index (χ1n) is 6.59. The summed E-state index contributed by atoms with van der Waals surface area (Å²) in [5.41, 5.74) is 1.80. The van der Waals surface area contributed by atoms with Gasteiger partial charge in [0.05, 0.1) is 5.60 Å². The van der Waals surface area contributed by atoms with E-state index in [4.69, 9.17) is 0 Å². The lowest BCUT2D eigenvalue weighted by Gasteiger charge is -2.23. The van der Waals surface area contributed by atoms with Crippen LogP contribution >= 0.6 is 11.3 Å². The summed E-state index contributed by atoms with van der Waals surface area (Å²) in [6, 6.07) is 12.7. The van der Waals surface area contributed by atoms with Gasteiger partial charge in [0.1, 0.15) is 0 Å². The maximum atomic E-state index is 10.9. The third-order valence-electron chi connectivity index (χ3n) is 3.86. The van der Waals surface area contributed by atoms with Crippen molar-refractivity contribution in [2.75, 3.05) is 0 Å². The Labute approximate surface area is 112 Å². The monoisotopic (exact) mass is 258 g/mol. The zero-order valence-electron chi connectivity index (χ0n) is 10.6. The highest BCUT2D eigenvalue weighted by Crippen LogP contribution is 2.40. The van der Waals surface area contributed by atoms with Gasteiger partial charge in [-0.1, -0.05) is 31.2 Å². The van der Waals surface area contributed by atoms with E-state index in [9.17, 15) is 5.11 Å². The van der Waals surface area contributed by atoms with Crippen LogP contribution in [0.25, 0.3) is 0 Å². The third kappa shape index (κ3) is 2.00. The predicted octanol–water partition coefficient (Wildman–Crippen LogP) is 3.69. The Morgan fingerprint density at radius 1 is 1.17 bits per heavy atom. The van der Waals surface area contributed by atoms with E-state index in [1.807, 2.05) is 17.4 Å². The third-order valence-corrected chi connectivity index (χ3v) is 5.09. The van der Waals surface area contributed by atoms with Crippen molar-refractivity contribution < 1.29 is 5.11 Å². The summed E-state index contributed by atoms with van der Waals surface area (Å²) in [5.74, 6) is 0. The van der Waals surface area contributed by atoms with Crippen molar-refractivity contribution in [3.63, 3.8) is 0 Å². The molecule has 0 saturated heterocycles. The molecule has 0 saturated carbocycles. The normalized spacial score (nSPS) is 22.1. The zero-order chi connectivity index (χ0) is 12.6. The Hall–Kier alpha value is -1.12. The quantitative estimate of drug-likeness (QED) is 0.890. The van der Waals surface area contributed by atoms with Crippen LogP contribution in [0.3, 0.4) is 0 Å². The van der Waals surface area contributed by atoms with Crippen LogP contribution in [0.4, 0.5) is 0 Å². The van der Waals surface area contributed by atoms with Gasteiger partial charge in [-0.3, -0.25) is 0 Å². The fraction of sp³-hybridized carbons (Fsp3) is 0.375. The van der Waals surface area contributed by atoms with Crippen LogP contribution in [-0.4, -0.2) is 5.11 Å². The van der Waals surface area contributed by atoms with Gasteiger partial charge in [-0.05, 0) is 42.5 Å². The van der Waals surface area contributed by atoms with E-state index in [1.165, 1.54) is 15.3 Å². The first kappa shape index (κ1) is 11.9. The second kappa shape index (κ2) is 4.52. The van der Waals surface area contributed by atoms with Gasteiger partial charge in [-0.25, -0.2) is 0 Å². The van der Waals surface area contributed by atoms with Crippen LogP contribution in [0, 0.1) is 0 Å². The zero-order valence-corrected chi connectivity index (χ0v) is 11.5. The summed E-state index contributed by atoms with van der Waals surface area (Å²) in [5, 5.41) is 10.9. The maximum absolute atomic E-state index is 10.9. The van der Waals surface area contributed by atoms with E-state index >= 15 is 0 Å². The van der Waals surface area contributed by atoms with Crippen LogP contribution in [-0.2, 0) is 24.9 Å². The first-order chi connectivity index (χ1) is 8.71. The smallest absolute Gasteiger partial charge is 0.0950 e. The van der Waals surface area contributed by atoms with E-state index in [-0.39, 0.29) is 0 Å². The lowest BCUT2D eigenvalue weighted by atomic mass is 9.92. The van der Waals surface area contributed by atoms with Crippen molar-refractivity contribution in [2.45, 2.75) is 38.2 Å². The molecule has 0 spiro atoms. The van der Waals surface area contributed by atoms with Crippen LogP contribution in [0.2, 0.25) is 0 Å². The molecule has 0 fully saturated rings. The van der Waals surface area contributed by atoms with Crippen LogP contribution < -0.4 is 0 Å². The maximum Gasteiger partial charge on any atom is 0.0950 e. The van der Waals surface area contributed by atoms with Crippen molar-refractivity contribution in [1.29, 1.82) is 0 Å². The molecule has 1 aliphatic carbocycles. The number of rotatable bonds is 3. The Morgan fingerprint density at radius 3 is 2.72 bits per heavy atom. The second-order valence-corrected chi connectivity index (χ2v) is 6.34. The Bertz CT molecular complexity index is 558. The summed E-state index contributed by atoms with van der Waals surface area (Å²) >= 11 is 1.83. The highest BCUT2D eigenvalue weighted by atomic mass is 32.1. The van der Waals surface area contributed by atoms with Gasteiger partial charge in [0.15, 0.2) is 0 Å². The molecule has 1 heterocycles. The number of benzene rings is 1. The van der Waals surface area contributed by atoms with Crippen molar-refractivity contribution in [3.05, 3.63) is 57.3 Å². The van der Waals surface area contributed by atoms with Crippen molar-refractivity contribution >= 4 is 11.3 Å². The lowest BCUT2D eigenvalue weighted by Crippen LogP contribution is -2.24. The number of hydrogen-bond acceptors (Lipinski definition) is 2. The average molecular weight is 258 g/mol. The molecule has 1 aliphatic rings. The summed E-state index contributed by atoms with van der Waals surface area (Å²) < 4.78 is 0. The van der Waals surface area contributed by atoms with Gasteiger partial charge in [0, 0.05) is 16.2 Å². The highest BCUT2D eigenvalue weighted by Gasteiger charge is 2.36. The molecule has 2 aromatic rings. The fourth-order valence-corrected chi connectivity index (χ4v) is 3.91. The van der Waals surface area contributed by atoms with E-state index in [1.54, 1.807) is 0 Å². The predicted molar refractivity (Wildman–Crippen MR) is 76.1 cm³/mol. The number of fused-ring (bicyclic) bond motifs is 1. The molecule has 1 N–H and O–H groups in total. The van der Waals surface area contributed by atoms with E-state index in [0.29, 0.717) is 0 Å². The van der Waals surface area contributed by atoms with Crippen molar-refractivity contribution in [1.82, 2.24) is 0 Å². The fourth-order valence-electron chi connectivity index (χ4n) is 2.85. The number of hydrogen-bond donors (Lipinski definition) is 1. The Kier molecular flexibility index (Phi) is 3.00. The molecular formula is C16H18OS. The second-order valence-electron chi connectivity index (χ2n) is 5.09. The molecule has 2 heteroatoms. The first-order valence-corrected chi connectivity index (χ1v) is 7.41. The van der Waals surface area contributed by atoms with Crippen LogP contribution in [0.1, 0.15) is 34.2 Å². The summed E-state index contributed by atoms with van der Waals surface area (Å²) in [4.78, 5) is 2.70. The van der Waals surface area contributed by atoms with Crippen molar-refractivity contribution in [3.8, 4) is 0 Å². The van der Waals surface area contributed by atoms with Gasteiger partial charge < -0.3 is 5.11 Å². The molecule has 94 valence electrons. The molecule has 0 aliphatic heterocycles. The molecule has 1 unspecified atom stereocenters. The largest absolute Gasteiger partial charge is 0.385 e. The van der Waals surface area contributed by atoms with E-state index in [2.05, 4.69) is 37.3 Å². The molecule has 18 heavy (non-hydrogen) atoms. The topological polar surface area (TPSA) is 20.2 Å². The minimum Gasteiger partial charge on any atom is -0.385 e. The highest BCUT2D eigenvalue weighted by molar-refractivity contribution is 7.12. The number of aliphatic hydroxyl groups is 1. The van der Waals surface area contributed by atoms with E-state index < -0.39 is 5.60 Å². The lowest BCUT2D eigenvalue weighted by molar-refractivity contribution is 0.0398. The van der Waals surface area contributed by atoms with Gasteiger partial charge in [0.25, 0.3) is 0 Å².